The van der Waals surface area contributed by atoms with Crippen molar-refractivity contribution in [2.45, 2.75) is 6.92 Å². The summed E-state index contributed by atoms with van der Waals surface area (Å²) in [6.45, 7) is 8.88. The van der Waals surface area contributed by atoms with Crippen molar-refractivity contribution >= 4 is 28.3 Å². The van der Waals surface area contributed by atoms with Crippen molar-refractivity contribution in [1.29, 1.82) is 0 Å². The third-order valence-electron chi connectivity index (χ3n) is 1.11. The normalized spacial score (nSPS) is 9.42. The van der Waals surface area contributed by atoms with Crippen LogP contribution in [0.1, 0.15) is 6.92 Å². The van der Waals surface area contributed by atoms with Crippen LogP contribution in [-0.2, 0) is 0 Å². The maximum Gasteiger partial charge on any atom is 0.234 e. The summed E-state index contributed by atoms with van der Waals surface area (Å²) >= 11 is 1.24. The van der Waals surface area contributed by atoms with Crippen molar-refractivity contribution in [3.8, 4) is 0 Å². The SMILES string of the molecule is C=NN(C(=C)C)c1nnc(N)s1. The first-order chi connectivity index (χ1) is 5.65. The molecule has 0 saturated heterocycles. The van der Waals surface area contributed by atoms with Gasteiger partial charge in [0, 0.05) is 12.4 Å². The molecule has 0 aromatic carbocycles. The van der Waals surface area contributed by atoms with Crippen LogP contribution < -0.4 is 10.7 Å². The van der Waals surface area contributed by atoms with Crippen LogP contribution in [0.25, 0.3) is 0 Å². The number of nitrogens with two attached hydrogens (primary N) is 1. The minimum Gasteiger partial charge on any atom is -0.374 e. The molecule has 0 aliphatic carbocycles. The number of allylic oxidation sites excluding steroid dienone is 1. The third kappa shape index (κ3) is 1.59. The maximum absolute atomic E-state index is 5.40. The Balaban J connectivity index is 2.94. The van der Waals surface area contributed by atoms with E-state index in [4.69, 9.17) is 5.73 Å². The van der Waals surface area contributed by atoms with Crippen LogP contribution in [0.15, 0.2) is 17.4 Å². The second kappa shape index (κ2) is 3.31. The molecule has 0 amide bonds. The van der Waals surface area contributed by atoms with Gasteiger partial charge in [-0.05, 0) is 6.92 Å². The number of rotatable bonds is 3. The molecule has 1 aromatic rings. The van der Waals surface area contributed by atoms with E-state index in [-0.39, 0.29) is 0 Å². The van der Waals surface area contributed by atoms with E-state index in [1.165, 1.54) is 16.3 Å². The molecule has 6 heteroatoms. The highest BCUT2D eigenvalue weighted by molar-refractivity contribution is 7.18. The molecule has 2 N–H and O–H groups in total. The van der Waals surface area contributed by atoms with Gasteiger partial charge in [-0.1, -0.05) is 17.9 Å². The molecule has 0 fully saturated rings. The van der Waals surface area contributed by atoms with Crippen LogP contribution in [0.4, 0.5) is 10.3 Å². The van der Waals surface area contributed by atoms with E-state index >= 15 is 0 Å². The minimum absolute atomic E-state index is 0.403. The average Bonchev–Trinajstić information content (AvgIpc) is 2.37. The van der Waals surface area contributed by atoms with E-state index in [0.717, 1.165) is 5.70 Å². The summed E-state index contributed by atoms with van der Waals surface area (Å²) in [5.41, 5.74) is 6.12. The van der Waals surface area contributed by atoms with Crippen LogP contribution in [0.3, 0.4) is 0 Å². The molecule has 1 aromatic heterocycles. The molecule has 0 bridgehead atoms. The van der Waals surface area contributed by atoms with Gasteiger partial charge in [0.25, 0.3) is 0 Å². The fraction of sp³-hybridized carbons (Fsp3) is 0.167. The van der Waals surface area contributed by atoms with Crippen LogP contribution >= 0.6 is 11.3 Å². The van der Waals surface area contributed by atoms with Gasteiger partial charge in [0.05, 0.1) is 0 Å². The molecule has 1 heterocycles. The highest BCUT2D eigenvalue weighted by atomic mass is 32.1. The topological polar surface area (TPSA) is 67.4 Å². The Kier molecular flexibility index (Phi) is 2.39. The Hall–Kier alpha value is -1.43. The van der Waals surface area contributed by atoms with E-state index in [1.807, 2.05) is 0 Å². The van der Waals surface area contributed by atoms with E-state index in [0.29, 0.717) is 10.3 Å². The van der Waals surface area contributed by atoms with E-state index in [1.54, 1.807) is 6.92 Å². The molecule has 0 aliphatic rings. The predicted molar refractivity (Wildman–Crippen MR) is 51.2 cm³/mol. The molecule has 12 heavy (non-hydrogen) atoms. The van der Waals surface area contributed by atoms with Crippen molar-refractivity contribution < 1.29 is 0 Å². The van der Waals surface area contributed by atoms with Crippen LogP contribution in [0.5, 0.6) is 0 Å². The third-order valence-corrected chi connectivity index (χ3v) is 1.84. The first-order valence-corrected chi connectivity index (χ1v) is 3.98. The summed E-state index contributed by atoms with van der Waals surface area (Å²) < 4.78 is 0. The van der Waals surface area contributed by atoms with Gasteiger partial charge in [0.1, 0.15) is 0 Å². The highest BCUT2D eigenvalue weighted by Crippen LogP contribution is 2.23. The molecule has 5 nitrogen and oxygen atoms in total. The molecular formula is C6H9N5S. The quantitative estimate of drug-likeness (QED) is 0.562. The molecule has 0 radical (unpaired) electrons. The van der Waals surface area contributed by atoms with Crippen LogP contribution in [-0.4, -0.2) is 16.9 Å². The Morgan fingerprint density at radius 1 is 1.67 bits per heavy atom. The Labute approximate surface area is 74.2 Å². The number of nitrogen functional groups attached to an aromatic ring is 1. The number of hydrogen-bond donors (Lipinski definition) is 1. The van der Waals surface area contributed by atoms with Gasteiger partial charge in [-0.2, -0.15) is 5.10 Å². The summed E-state index contributed by atoms with van der Waals surface area (Å²) in [5, 5.41) is 13.6. The van der Waals surface area contributed by atoms with Gasteiger partial charge >= 0.3 is 0 Å². The first-order valence-electron chi connectivity index (χ1n) is 3.16. The second-order valence-corrected chi connectivity index (χ2v) is 3.10. The van der Waals surface area contributed by atoms with Crippen molar-refractivity contribution in [2.24, 2.45) is 5.10 Å². The van der Waals surface area contributed by atoms with Crippen LogP contribution in [0.2, 0.25) is 0 Å². The van der Waals surface area contributed by atoms with Gasteiger partial charge in [0.2, 0.25) is 10.3 Å². The zero-order valence-corrected chi connectivity index (χ0v) is 7.51. The van der Waals surface area contributed by atoms with E-state index in [2.05, 4.69) is 28.6 Å². The van der Waals surface area contributed by atoms with Gasteiger partial charge in [-0.15, -0.1) is 10.2 Å². The average molecular weight is 183 g/mol. The van der Waals surface area contributed by atoms with Gasteiger partial charge in [-0.25, -0.2) is 5.01 Å². The fourth-order valence-electron chi connectivity index (χ4n) is 0.656. The lowest BCUT2D eigenvalue weighted by Crippen LogP contribution is -2.11. The molecule has 0 saturated carbocycles. The summed E-state index contributed by atoms with van der Waals surface area (Å²) in [7, 11) is 0. The second-order valence-electron chi connectivity index (χ2n) is 2.11. The molecule has 0 unspecified atom stereocenters. The van der Waals surface area contributed by atoms with Crippen molar-refractivity contribution in [3.05, 3.63) is 12.3 Å². The zero-order valence-electron chi connectivity index (χ0n) is 6.69. The Bertz CT molecular complexity index is 305. The van der Waals surface area contributed by atoms with Crippen molar-refractivity contribution in [2.75, 3.05) is 10.7 Å². The molecular weight excluding hydrogens is 174 g/mol. The minimum atomic E-state index is 0.403. The summed E-state index contributed by atoms with van der Waals surface area (Å²) in [6.07, 6.45) is 0. The molecule has 64 valence electrons. The van der Waals surface area contributed by atoms with Gasteiger partial charge in [0.15, 0.2) is 0 Å². The number of nitrogens with zero attached hydrogens (tertiary/aromatic N) is 4. The van der Waals surface area contributed by atoms with Gasteiger partial charge in [-0.3, -0.25) is 0 Å². The molecule has 0 spiro atoms. The lowest BCUT2D eigenvalue weighted by molar-refractivity contribution is 0.960. The predicted octanol–water partition coefficient (Wildman–Crippen LogP) is 1.08. The summed E-state index contributed by atoms with van der Waals surface area (Å²) in [5.74, 6) is 0. The van der Waals surface area contributed by atoms with Crippen molar-refractivity contribution in [1.82, 2.24) is 10.2 Å². The van der Waals surface area contributed by atoms with E-state index in [9.17, 15) is 0 Å². The number of aromatic nitrogens is 2. The lowest BCUT2D eigenvalue weighted by Gasteiger charge is -2.12. The van der Waals surface area contributed by atoms with Gasteiger partial charge < -0.3 is 5.73 Å². The Morgan fingerprint density at radius 2 is 2.33 bits per heavy atom. The van der Waals surface area contributed by atoms with E-state index < -0.39 is 0 Å². The first kappa shape index (κ1) is 8.66. The monoisotopic (exact) mass is 183 g/mol. The fourth-order valence-corrected chi connectivity index (χ4v) is 1.31. The molecule has 0 atom stereocenters. The molecule has 1 rings (SSSR count). The summed E-state index contributed by atoms with van der Waals surface area (Å²) in [6, 6.07) is 0. The lowest BCUT2D eigenvalue weighted by atomic mass is 10.6. The summed E-state index contributed by atoms with van der Waals surface area (Å²) in [4.78, 5) is 0. The van der Waals surface area contributed by atoms with Crippen molar-refractivity contribution in [3.63, 3.8) is 0 Å². The maximum atomic E-state index is 5.40. The number of hydrazone groups is 1. The number of hydrogen-bond acceptors (Lipinski definition) is 6. The highest BCUT2D eigenvalue weighted by Gasteiger charge is 2.09. The number of anilines is 2. The smallest absolute Gasteiger partial charge is 0.234 e. The Morgan fingerprint density at radius 3 is 2.67 bits per heavy atom. The zero-order chi connectivity index (χ0) is 9.14. The largest absolute Gasteiger partial charge is 0.374 e. The molecule has 0 aliphatic heterocycles. The standard InChI is InChI=1S/C6H9N5S/c1-4(2)11(8-3)6-10-9-5(7)12-6/h1,3H2,2H3,(H2,7,9). The van der Waals surface area contributed by atoms with Crippen LogP contribution in [0, 0.1) is 0 Å².